The van der Waals surface area contributed by atoms with Crippen molar-refractivity contribution in [2.45, 2.75) is 39.2 Å². The highest BCUT2D eigenvalue weighted by Crippen LogP contribution is 2.35. The Morgan fingerprint density at radius 3 is 2.69 bits per heavy atom. The Morgan fingerprint density at radius 2 is 1.86 bits per heavy atom. The van der Waals surface area contributed by atoms with E-state index in [0.717, 1.165) is 37.9 Å². The highest BCUT2D eigenvalue weighted by molar-refractivity contribution is 5.79. The standard InChI is InChI=1S/C24H27N3O2/c1-24(13-11-19-7-3-2-4-8-19)14-16-26(18-24)23(29)12-15-27-21-10-6-5-9-20(21)22(28)17-25-27/h2-10,17H,11-16,18H2,1H3/t24-/m0/s1. The summed E-state index contributed by atoms with van der Waals surface area (Å²) in [5.41, 5.74) is 2.22. The van der Waals surface area contributed by atoms with Crippen LogP contribution in [-0.4, -0.2) is 33.7 Å². The zero-order chi connectivity index (χ0) is 20.3. The number of hydrogen-bond acceptors (Lipinski definition) is 3. The maximum absolute atomic E-state index is 12.8. The van der Waals surface area contributed by atoms with Gasteiger partial charge in [0, 0.05) is 24.9 Å². The maximum atomic E-state index is 12.8. The number of hydrogen-bond donors (Lipinski definition) is 0. The Hall–Kier alpha value is -2.95. The molecule has 150 valence electrons. The molecule has 0 aliphatic carbocycles. The van der Waals surface area contributed by atoms with E-state index in [1.807, 2.05) is 29.2 Å². The number of nitrogens with zero attached hydrogens (tertiary/aromatic N) is 3. The monoisotopic (exact) mass is 389 g/mol. The van der Waals surface area contributed by atoms with Gasteiger partial charge in [-0.1, -0.05) is 49.4 Å². The molecule has 1 aliphatic heterocycles. The molecule has 0 spiro atoms. The highest BCUT2D eigenvalue weighted by atomic mass is 16.2. The predicted molar refractivity (Wildman–Crippen MR) is 115 cm³/mol. The Morgan fingerprint density at radius 1 is 1.10 bits per heavy atom. The molecule has 2 heterocycles. The third kappa shape index (κ3) is 4.39. The van der Waals surface area contributed by atoms with Gasteiger partial charge >= 0.3 is 0 Å². The first-order chi connectivity index (χ1) is 14.0. The lowest BCUT2D eigenvalue weighted by molar-refractivity contribution is -0.130. The Balaban J connectivity index is 1.35. The fraction of sp³-hybridized carbons (Fsp3) is 0.375. The van der Waals surface area contributed by atoms with Crippen LogP contribution in [0.15, 0.2) is 65.6 Å². The number of aromatic nitrogens is 2. The van der Waals surface area contributed by atoms with E-state index in [0.29, 0.717) is 18.4 Å². The van der Waals surface area contributed by atoms with Crippen molar-refractivity contribution >= 4 is 16.8 Å². The summed E-state index contributed by atoms with van der Waals surface area (Å²) in [6.07, 6.45) is 4.92. The zero-order valence-corrected chi connectivity index (χ0v) is 16.9. The minimum atomic E-state index is -0.0862. The van der Waals surface area contributed by atoms with Crippen molar-refractivity contribution in [1.82, 2.24) is 14.7 Å². The average molecular weight is 389 g/mol. The largest absolute Gasteiger partial charge is 0.342 e. The maximum Gasteiger partial charge on any atom is 0.224 e. The van der Waals surface area contributed by atoms with Gasteiger partial charge in [-0.15, -0.1) is 0 Å². The van der Waals surface area contributed by atoms with Gasteiger partial charge in [-0.05, 0) is 42.4 Å². The van der Waals surface area contributed by atoms with Crippen LogP contribution in [0.5, 0.6) is 0 Å². The van der Waals surface area contributed by atoms with Crippen molar-refractivity contribution in [3.05, 3.63) is 76.6 Å². The molecule has 5 nitrogen and oxygen atoms in total. The molecular formula is C24H27N3O2. The summed E-state index contributed by atoms with van der Waals surface area (Å²) < 4.78 is 1.76. The molecule has 1 fully saturated rings. The fourth-order valence-electron chi connectivity index (χ4n) is 4.23. The number of aryl methyl sites for hydroxylation is 2. The summed E-state index contributed by atoms with van der Waals surface area (Å²) in [4.78, 5) is 26.8. The van der Waals surface area contributed by atoms with E-state index in [9.17, 15) is 9.59 Å². The van der Waals surface area contributed by atoms with Crippen LogP contribution in [0.1, 0.15) is 31.7 Å². The molecule has 1 aliphatic rings. The van der Waals surface area contributed by atoms with Crippen LogP contribution >= 0.6 is 0 Å². The van der Waals surface area contributed by atoms with Crippen LogP contribution < -0.4 is 5.43 Å². The van der Waals surface area contributed by atoms with Crippen molar-refractivity contribution in [1.29, 1.82) is 0 Å². The minimum Gasteiger partial charge on any atom is -0.342 e. The van der Waals surface area contributed by atoms with Crippen molar-refractivity contribution in [2.24, 2.45) is 5.41 Å². The van der Waals surface area contributed by atoms with Gasteiger partial charge in [-0.25, -0.2) is 0 Å². The molecule has 5 heteroatoms. The molecule has 4 rings (SSSR count). The van der Waals surface area contributed by atoms with Crippen LogP contribution in [0, 0.1) is 5.41 Å². The normalized spacial score (nSPS) is 19.0. The molecule has 1 amide bonds. The summed E-state index contributed by atoms with van der Waals surface area (Å²) in [6, 6.07) is 18.0. The third-order valence-corrected chi connectivity index (χ3v) is 6.07. The molecule has 29 heavy (non-hydrogen) atoms. The summed E-state index contributed by atoms with van der Waals surface area (Å²) in [5.74, 6) is 0.165. The first-order valence-electron chi connectivity index (χ1n) is 10.3. The van der Waals surface area contributed by atoms with Gasteiger partial charge in [0.1, 0.15) is 0 Å². The molecule has 3 aromatic rings. The van der Waals surface area contributed by atoms with Crippen LogP contribution in [0.3, 0.4) is 0 Å². The van der Waals surface area contributed by atoms with Gasteiger partial charge in [0.15, 0.2) is 0 Å². The van der Waals surface area contributed by atoms with Crippen molar-refractivity contribution < 1.29 is 4.79 Å². The first-order valence-corrected chi connectivity index (χ1v) is 10.3. The number of rotatable bonds is 6. The number of para-hydroxylation sites is 1. The molecule has 1 aromatic heterocycles. The molecule has 0 radical (unpaired) electrons. The summed E-state index contributed by atoms with van der Waals surface area (Å²) in [7, 11) is 0. The van der Waals surface area contributed by atoms with E-state index >= 15 is 0 Å². The first kappa shape index (κ1) is 19.4. The van der Waals surface area contributed by atoms with Gasteiger partial charge in [-0.3, -0.25) is 14.3 Å². The van der Waals surface area contributed by atoms with Crippen molar-refractivity contribution in [2.75, 3.05) is 13.1 Å². The molecule has 2 aromatic carbocycles. The Bertz CT molecular complexity index is 1060. The number of amides is 1. The third-order valence-electron chi connectivity index (χ3n) is 6.07. The van der Waals surface area contributed by atoms with Crippen LogP contribution in [0.2, 0.25) is 0 Å². The SMILES string of the molecule is C[C@]1(CCc2ccccc2)CCN(C(=O)CCn2ncc(=O)c3ccccc32)C1. The number of fused-ring (bicyclic) bond motifs is 1. The molecule has 0 unspecified atom stereocenters. The number of likely N-dealkylation sites (tertiary alicyclic amines) is 1. The Kier molecular flexibility index (Phi) is 5.47. The quantitative estimate of drug-likeness (QED) is 0.647. The second-order valence-electron chi connectivity index (χ2n) is 8.36. The minimum absolute atomic E-state index is 0.0862. The van der Waals surface area contributed by atoms with Gasteiger partial charge in [0.05, 0.1) is 18.3 Å². The van der Waals surface area contributed by atoms with E-state index in [-0.39, 0.29) is 16.8 Å². The van der Waals surface area contributed by atoms with E-state index in [1.54, 1.807) is 10.7 Å². The summed E-state index contributed by atoms with van der Waals surface area (Å²) in [6.45, 7) is 4.41. The molecule has 0 N–H and O–H groups in total. The Labute approximate surface area is 171 Å². The second kappa shape index (κ2) is 8.19. The van der Waals surface area contributed by atoms with Crippen LogP contribution in [-0.2, 0) is 17.8 Å². The van der Waals surface area contributed by atoms with E-state index in [2.05, 4.69) is 36.3 Å². The molecule has 0 bridgehead atoms. The molecule has 1 saturated heterocycles. The van der Waals surface area contributed by atoms with Gasteiger partial charge in [0.25, 0.3) is 0 Å². The lowest BCUT2D eigenvalue weighted by Gasteiger charge is -2.25. The highest BCUT2D eigenvalue weighted by Gasteiger charge is 2.35. The second-order valence-corrected chi connectivity index (χ2v) is 8.36. The van der Waals surface area contributed by atoms with E-state index in [1.165, 1.54) is 11.8 Å². The van der Waals surface area contributed by atoms with Crippen LogP contribution in [0.4, 0.5) is 0 Å². The van der Waals surface area contributed by atoms with Gasteiger partial charge in [0.2, 0.25) is 11.3 Å². The predicted octanol–water partition coefficient (Wildman–Crippen LogP) is 3.66. The average Bonchev–Trinajstić information content (AvgIpc) is 3.15. The fourth-order valence-corrected chi connectivity index (χ4v) is 4.23. The lowest BCUT2D eigenvalue weighted by atomic mass is 9.83. The number of carbonyl (C=O) groups is 1. The van der Waals surface area contributed by atoms with Crippen LogP contribution in [0.25, 0.3) is 10.9 Å². The summed E-state index contributed by atoms with van der Waals surface area (Å²) in [5, 5.41) is 4.87. The van der Waals surface area contributed by atoms with Crippen molar-refractivity contribution in [3.63, 3.8) is 0 Å². The smallest absolute Gasteiger partial charge is 0.224 e. The lowest BCUT2D eigenvalue weighted by Crippen LogP contribution is -2.32. The molecule has 1 atom stereocenters. The summed E-state index contributed by atoms with van der Waals surface area (Å²) >= 11 is 0. The number of carbonyl (C=O) groups excluding carboxylic acids is 1. The molecular weight excluding hydrogens is 362 g/mol. The zero-order valence-electron chi connectivity index (χ0n) is 16.9. The number of benzene rings is 2. The van der Waals surface area contributed by atoms with Gasteiger partial charge in [-0.2, -0.15) is 5.10 Å². The van der Waals surface area contributed by atoms with E-state index in [4.69, 9.17) is 0 Å². The topological polar surface area (TPSA) is 55.2 Å². The van der Waals surface area contributed by atoms with E-state index < -0.39 is 0 Å². The van der Waals surface area contributed by atoms with Gasteiger partial charge < -0.3 is 4.90 Å². The molecule has 0 saturated carbocycles. The van der Waals surface area contributed by atoms with Crippen molar-refractivity contribution in [3.8, 4) is 0 Å².